The van der Waals surface area contributed by atoms with Crippen LogP contribution in [0.25, 0.3) is 16.0 Å². The predicted octanol–water partition coefficient (Wildman–Crippen LogP) is 0.699. The third kappa shape index (κ3) is 16.5. The fourth-order valence-electron chi connectivity index (χ4n) is 5.72. The number of nitrogens with one attached hydrogen (secondary N) is 1. The van der Waals surface area contributed by atoms with Crippen molar-refractivity contribution in [2.24, 2.45) is 5.11 Å². The fourth-order valence-corrected chi connectivity index (χ4v) is 5.72. The van der Waals surface area contributed by atoms with Crippen LogP contribution in [0.4, 0.5) is 11.4 Å². The maximum atomic E-state index is 13.1. The molecule has 1 aromatic carbocycles. The maximum Gasteiger partial charge on any atom is 0.334 e. The molecular formula is C32H44N8O13. The van der Waals surface area contributed by atoms with Crippen LogP contribution < -0.4 is 5.32 Å². The molecule has 21 heteroatoms. The number of ether oxygens (including phenoxy) is 1. The Morgan fingerprint density at radius 3 is 1.58 bits per heavy atom. The Balaban J connectivity index is 2.15. The first-order valence-corrected chi connectivity index (χ1v) is 16.4. The van der Waals surface area contributed by atoms with Gasteiger partial charge >= 0.3 is 35.8 Å². The number of amides is 1. The molecule has 0 unspecified atom stereocenters. The number of carboxylic acids is 5. The molecule has 21 nitrogen and oxygen atoms in total. The zero-order chi connectivity index (χ0) is 39.5. The second-order valence-electron chi connectivity index (χ2n) is 12.1. The van der Waals surface area contributed by atoms with Gasteiger partial charge < -0.3 is 35.6 Å². The van der Waals surface area contributed by atoms with Gasteiger partial charge in [-0.25, -0.2) is 4.79 Å². The van der Waals surface area contributed by atoms with Gasteiger partial charge in [-0.1, -0.05) is 11.2 Å². The molecule has 1 aromatic rings. The minimum atomic E-state index is -1.28. The molecule has 0 aliphatic heterocycles. The van der Waals surface area contributed by atoms with Crippen molar-refractivity contribution in [1.29, 1.82) is 0 Å². The van der Waals surface area contributed by atoms with Crippen molar-refractivity contribution in [3.63, 3.8) is 0 Å². The molecule has 0 atom stereocenters. The van der Waals surface area contributed by atoms with Gasteiger partial charge in [-0.3, -0.25) is 48.4 Å². The average Bonchev–Trinajstić information content (AvgIpc) is 3.06. The molecule has 0 saturated heterocycles. The van der Waals surface area contributed by atoms with E-state index in [4.69, 9.17) is 14.9 Å². The Bertz CT molecular complexity index is 1580. The third-order valence-corrected chi connectivity index (χ3v) is 8.02. The van der Waals surface area contributed by atoms with Crippen molar-refractivity contribution in [1.82, 2.24) is 19.6 Å². The molecular weight excluding hydrogens is 704 g/mol. The van der Waals surface area contributed by atoms with E-state index < -0.39 is 81.0 Å². The van der Waals surface area contributed by atoms with Gasteiger partial charge in [0.15, 0.2) is 0 Å². The summed E-state index contributed by atoms with van der Waals surface area (Å²) in [7, 11) is 1.28. The lowest BCUT2D eigenvalue weighted by atomic mass is 9.86. The number of carbonyl (C=O) groups is 7. The van der Waals surface area contributed by atoms with Gasteiger partial charge in [0, 0.05) is 61.1 Å². The largest absolute Gasteiger partial charge is 0.480 e. The first-order chi connectivity index (χ1) is 25.1. The standard InChI is InChI=1S/C32H44N8O13/c1-53-32(52)24-5-3-2-4-22(24)23-7-6-21(14-25(23)35-36-33)34-26(41)15-39(18-29(46)47)12-10-37(16-27(42)43)8-9-38(17-28(44)45)11-13-40(19-30(48)49)20-31(50)51/h6-7,14H,2-5,8-13,15-20H2,1H3,(H,34,41)(H,42,43)(H,44,45)(H,46,47)(H,48,49)(H,50,51). The number of hydrogen-bond donors (Lipinski definition) is 6. The molecule has 0 aromatic heterocycles. The number of hydrogen-bond acceptors (Lipinski definition) is 13. The molecule has 0 radical (unpaired) electrons. The fraction of sp³-hybridized carbons (Fsp3) is 0.531. The molecule has 0 saturated carbocycles. The zero-order valence-corrected chi connectivity index (χ0v) is 29.2. The second kappa shape index (κ2) is 22.4. The number of allylic oxidation sites excluding steroid dienone is 1. The van der Waals surface area contributed by atoms with Crippen molar-refractivity contribution in [3.8, 4) is 0 Å². The first kappa shape index (κ1) is 43.6. The Morgan fingerprint density at radius 1 is 0.698 bits per heavy atom. The zero-order valence-electron chi connectivity index (χ0n) is 29.2. The number of rotatable bonds is 25. The molecule has 1 amide bonds. The summed E-state index contributed by atoms with van der Waals surface area (Å²) in [5, 5.41) is 52.9. The monoisotopic (exact) mass is 748 g/mol. The number of methoxy groups -OCH3 is 1. The Hall–Kier alpha value is -5.60. The number of esters is 1. The van der Waals surface area contributed by atoms with Gasteiger partial charge in [0.05, 0.1) is 46.4 Å². The Labute approximate surface area is 303 Å². The van der Waals surface area contributed by atoms with Crippen LogP contribution in [0.3, 0.4) is 0 Å². The van der Waals surface area contributed by atoms with Crippen LogP contribution in [-0.2, 0) is 38.3 Å². The summed E-state index contributed by atoms with van der Waals surface area (Å²) in [6, 6.07) is 4.57. The minimum absolute atomic E-state index is 0.0193. The first-order valence-electron chi connectivity index (χ1n) is 16.4. The van der Waals surface area contributed by atoms with E-state index in [1.54, 1.807) is 12.1 Å². The second-order valence-corrected chi connectivity index (χ2v) is 12.1. The maximum absolute atomic E-state index is 13.1. The summed E-state index contributed by atoms with van der Waals surface area (Å²) in [6.45, 7) is -3.57. The number of nitrogens with zero attached hydrogens (tertiary/aromatic N) is 7. The molecule has 1 aliphatic carbocycles. The van der Waals surface area contributed by atoms with Gasteiger partial charge in [0.2, 0.25) is 5.91 Å². The SMILES string of the molecule is COC(=O)C1=C(c2ccc(NC(=O)CN(CCN(CCN(CCN(CC(=O)O)CC(=O)O)CC(=O)O)CC(=O)O)CC(=O)O)cc2N=[N+]=[N-])CCCC1. The summed E-state index contributed by atoms with van der Waals surface area (Å²) in [6.07, 6.45) is 2.62. The normalized spacial score (nSPS) is 12.8. The average molecular weight is 749 g/mol. The number of azide groups is 1. The summed E-state index contributed by atoms with van der Waals surface area (Å²) in [4.78, 5) is 90.5. The van der Waals surface area contributed by atoms with Crippen LogP contribution >= 0.6 is 0 Å². The van der Waals surface area contributed by atoms with E-state index in [9.17, 15) is 54.4 Å². The molecule has 53 heavy (non-hydrogen) atoms. The number of benzene rings is 1. The highest BCUT2D eigenvalue weighted by atomic mass is 16.5. The highest BCUT2D eigenvalue weighted by molar-refractivity contribution is 6.00. The van der Waals surface area contributed by atoms with Crippen LogP contribution in [0, 0.1) is 0 Å². The topological polar surface area (TPSA) is 304 Å². The molecule has 0 fully saturated rings. The van der Waals surface area contributed by atoms with Crippen molar-refractivity contribution in [2.45, 2.75) is 25.7 Å². The van der Waals surface area contributed by atoms with E-state index in [-0.39, 0.29) is 50.6 Å². The highest BCUT2D eigenvalue weighted by Crippen LogP contribution is 2.38. The number of carbonyl (C=O) groups excluding carboxylic acids is 2. The quantitative estimate of drug-likeness (QED) is 0.0347. The van der Waals surface area contributed by atoms with Gasteiger partial charge in [-0.15, -0.1) is 0 Å². The van der Waals surface area contributed by atoms with E-state index in [1.807, 2.05) is 0 Å². The lowest BCUT2D eigenvalue weighted by molar-refractivity contribution is -0.143. The highest BCUT2D eigenvalue weighted by Gasteiger charge is 2.24. The lowest BCUT2D eigenvalue weighted by Gasteiger charge is -2.29. The molecule has 1 aliphatic rings. The Kier molecular flexibility index (Phi) is 18.4. The van der Waals surface area contributed by atoms with E-state index in [0.717, 1.165) is 17.7 Å². The molecule has 0 heterocycles. The van der Waals surface area contributed by atoms with Gasteiger partial charge in [-0.05, 0) is 54.5 Å². The molecule has 0 bridgehead atoms. The van der Waals surface area contributed by atoms with Gasteiger partial charge in [0.25, 0.3) is 0 Å². The molecule has 6 N–H and O–H groups in total. The summed E-state index contributed by atoms with van der Waals surface area (Å²) in [5.41, 5.74) is 11.2. The predicted molar refractivity (Wildman–Crippen MR) is 185 cm³/mol. The van der Waals surface area contributed by atoms with E-state index in [2.05, 4.69) is 15.3 Å². The summed E-state index contributed by atoms with van der Waals surface area (Å²) in [5.74, 6) is -7.39. The van der Waals surface area contributed by atoms with Crippen LogP contribution in [-0.4, -0.2) is 173 Å². The van der Waals surface area contributed by atoms with Crippen LogP contribution in [0.15, 0.2) is 28.9 Å². The molecule has 2 rings (SSSR count). The minimum Gasteiger partial charge on any atom is -0.480 e. The lowest BCUT2D eigenvalue weighted by Crippen LogP contribution is -2.46. The number of anilines is 1. The number of carboxylic acid groups (broad SMARTS) is 5. The van der Waals surface area contributed by atoms with E-state index in [0.29, 0.717) is 29.6 Å². The molecule has 0 spiro atoms. The van der Waals surface area contributed by atoms with Crippen LogP contribution in [0.5, 0.6) is 0 Å². The Morgan fingerprint density at radius 2 is 1.13 bits per heavy atom. The number of aliphatic carboxylic acids is 5. The van der Waals surface area contributed by atoms with Crippen molar-refractivity contribution >= 4 is 58.7 Å². The van der Waals surface area contributed by atoms with Gasteiger partial charge in [0.1, 0.15) is 0 Å². The third-order valence-electron chi connectivity index (χ3n) is 8.02. The van der Waals surface area contributed by atoms with Crippen molar-refractivity contribution < 1.29 is 63.8 Å². The summed E-state index contributed by atoms with van der Waals surface area (Å²) < 4.78 is 4.92. The van der Waals surface area contributed by atoms with E-state index >= 15 is 0 Å². The van der Waals surface area contributed by atoms with Gasteiger partial charge in [-0.2, -0.15) is 0 Å². The van der Waals surface area contributed by atoms with Crippen LogP contribution in [0.2, 0.25) is 0 Å². The van der Waals surface area contributed by atoms with E-state index in [1.165, 1.54) is 27.9 Å². The smallest absolute Gasteiger partial charge is 0.334 e. The van der Waals surface area contributed by atoms with Crippen molar-refractivity contribution in [3.05, 3.63) is 39.8 Å². The van der Waals surface area contributed by atoms with Crippen molar-refractivity contribution in [2.75, 3.05) is 91.0 Å². The molecule has 290 valence electrons. The summed E-state index contributed by atoms with van der Waals surface area (Å²) >= 11 is 0. The van der Waals surface area contributed by atoms with Crippen LogP contribution in [0.1, 0.15) is 31.2 Å².